The van der Waals surface area contributed by atoms with Crippen molar-refractivity contribution in [2.75, 3.05) is 12.4 Å². The number of hydrogen-bond donors (Lipinski definition) is 3. The lowest BCUT2D eigenvalue weighted by Gasteiger charge is -2.11. The first kappa shape index (κ1) is 24.0. The molecular weight excluding hydrogens is 465 g/mol. The molecule has 1 aliphatic heterocycles. The molecule has 2 amide bonds. The standard InChI is InChI=1S/C24H23Cl2N3O2S/c1-4-15(23(27)30)13(2)22(28-3)11-17-16-10-14(8-9-21(16)29-24(17)31)32-12-18-19(25)6-5-7-20(18)26/h4-11,28H,12H2,1-3H3,(H2,27,30)(H,29,31)/b15-4-,17-11-,22-13-. The van der Waals surface area contributed by atoms with Crippen molar-refractivity contribution in [1.29, 1.82) is 0 Å². The van der Waals surface area contributed by atoms with Gasteiger partial charge in [-0.15, -0.1) is 11.8 Å². The number of hydrogen-bond acceptors (Lipinski definition) is 4. The fourth-order valence-corrected chi connectivity index (χ4v) is 5.10. The Balaban J connectivity index is 1.96. The van der Waals surface area contributed by atoms with E-state index in [4.69, 9.17) is 28.9 Å². The maximum absolute atomic E-state index is 12.7. The van der Waals surface area contributed by atoms with Crippen LogP contribution in [0.4, 0.5) is 5.69 Å². The minimum absolute atomic E-state index is 0.210. The van der Waals surface area contributed by atoms with Crippen LogP contribution in [0.25, 0.3) is 5.57 Å². The Kier molecular flexibility index (Phi) is 7.72. The Bertz CT molecular complexity index is 1170. The number of nitrogens with two attached hydrogens (primary N) is 1. The number of likely N-dealkylation sites (N-methyl/N-ethyl adjacent to an activating group) is 1. The predicted octanol–water partition coefficient (Wildman–Crippen LogP) is 5.55. The molecule has 0 bridgehead atoms. The van der Waals surface area contributed by atoms with Crippen LogP contribution in [-0.2, 0) is 15.3 Å². The van der Waals surface area contributed by atoms with E-state index in [0.717, 1.165) is 21.7 Å². The normalized spacial score (nSPS) is 15.3. The SMILES string of the molecule is C/C=C(C(N)=O)/C(C)=C(/C=C1\C(=O)Nc2ccc(SCc3c(Cl)cccc3Cl)cc21)NC. The third-order valence-electron chi connectivity index (χ3n) is 5.14. The van der Waals surface area contributed by atoms with Gasteiger partial charge in [0.1, 0.15) is 0 Å². The van der Waals surface area contributed by atoms with Crippen LogP contribution in [0.1, 0.15) is 25.0 Å². The van der Waals surface area contributed by atoms with Crippen LogP contribution in [0.5, 0.6) is 0 Å². The van der Waals surface area contributed by atoms with E-state index in [1.54, 1.807) is 44.8 Å². The van der Waals surface area contributed by atoms with Crippen LogP contribution in [0.2, 0.25) is 10.0 Å². The van der Waals surface area contributed by atoms with Crippen LogP contribution in [0, 0.1) is 0 Å². The van der Waals surface area contributed by atoms with E-state index in [2.05, 4.69) is 10.6 Å². The molecule has 8 heteroatoms. The molecule has 4 N–H and O–H groups in total. The summed E-state index contributed by atoms with van der Waals surface area (Å²) in [7, 11) is 1.73. The lowest BCUT2D eigenvalue weighted by Crippen LogP contribution is -2.18. The summed E-state index contributed by atoms with van der Waals surface area (Å²) in [5, 5.41) is 7.19. The van der Waals surface area contributed by atoms with Gasteiger partial charge in [0, 0.05) is 50.3 Å². The van der Waals surface area contributed by atoms with Gasteiger partial charge in [-0.1, -0.05) is 35.3 Å². The minimum atomic E-state index is -0.524. The quantitative estimate of drug-likeness (QED) is 0.271. The highest BCUT2D eigenvalue weighted by Crippen LogP contribution is 2.38. The molecule has 166 valence electrons. The summed E-state index contributed by atoms with van der Waals surface area (Å²) in [6.07, 6.45) is 3.40. The topological polar surface area (TPSA) is 84.2 Å². The summed E-state index contributed by atoms with van der Waals surface area (Å²) >= 11 is 14.1. The van der Waals surface area contributed by atoms with E-state index < -0.39 is 5.91 Å². The van der Waals surface area contributed by atoms with Crippen molar-refractivity contribution >= 4 is 58.0 Å². The van der Waals surface area contributed by atoms with E-state index in [-0.39, 0.29) is 5.91 Å². The summed E-state index contributed by atoms with van der Waals surface area (Å²) in [4.78, 5) is 25.4. The average Bonchev–Trinajstić information content (AvgIpc) is 3.06. The molecule has 2 aromatic carbocycles. The van der Waals surface area contributed by atoms with Crippen molar-refractivity contribution in [3.05, 3.63) is 86.6 Å². The Labute approximate surface area is 201 Å². The summed E-state index contributed by atoms with van der Waals surface area (Å²) in [6, 6.07) is 11.2. The molecule has 0 aliphatic carbocycles. The van der Waals surface area contributed by atoms with Crippen LogP contribution in [0.3, 0.4) is 0 Å². The zero-order chi connectivity index (χ0) is 23.4. The molecule has 0 spiro atoms. The molecule has 32 heavy (non-hydrogen) atoms. The number of amides is 2. The van der Waals surface area contributed by atoms with E-state index in [1.807, 2.05) is 36.4 Å². The maximum atomic E-state index is 12.7. The monoisotopic (exact) mass is 487 g/mol. The maximum Gasteiger partial charge on any atom is 0.256 e. The van der Waals surface area contributed by atoms with Crippen LogP contribution >= 0.6 is 35.0 Å². The number of carbonyl (C=O) groups excluding carboxylic acids is 2. The fourth-order valence-electron chi connectivity index (χ4n) is 3.43. The molecule has 3 rings (SSSR count). The number of nitrogens with one attached hydrogen (secondary N) is 2. The average molecular weight is 488 g/mol. The molecule has 0 saturated carbocycles. The number of benzene rings is 2. The second kappa shape index (κ2) is 10.3. The van der Waals surface area contributed by atoms with Crippen molar-refractivity contribution in [3.8, 4) is 0 Å². The van der Waals surface area contributed by atoms with Gasteiger partial charge in [-0.05, 0) is 61.4 Å². The molecule has 1 aliphatic rings. The molecule has 0 unspecified atom stereocenters. The van der Waals surface area contributed by atoms with Gasteiger partial charge in [-0.3, -0.25) is 9.59 Å². The number of allylic oxidation sites excluding steroid dienone is 2. The van der Waals surface area contributed by atoms with Crippen molar-refractivity contribution in [3.63, 3.8) is 0 Å². The van der Waals surface area contributed by atoms with Crippen molar-refractivity contribution in [2.45, 2.75) is 24.5 Å². The van der Waals surface area contributed by atoms with Crippen molar-refractivity contribution < 1.29 is 9.59 Å². The molecule has 0 radical (unpaired) electrons. The second-order valence-corrected chi connectivity index (χ2v) is 8.93. The molecule has 1 heterocycles. The number of thioether (sulfide) groups is 1. The summed E-state index contributed by atoms with van der Waals surface area (Å²) < 4.78 is 0. The third kappa shape index (κ3) is 5.04. The number of rotatable bonds is 7. The van der Waals surface area contributed by atoms with Gasteiger partial charge >= 0.3 is 0 Å². The zero-order valence-corrected chi connectivity index (χ0v) is 20.2. The predicted molar refractivity (Wildman–Crippen MR) is 134 cm³/mol. The highest BCUT2D eigenvalue weighted by atomic mass is 35.5. The molecule has 0 saturated heterocycles. The lowest BCUT2D eigenvalue weighted by atomic mass is 10.0. The van der Waals surface area contributed by atoms with Gasteiger partial charge in [-0.2, -0.15) is 0 Å². The van der Waals surface area contributed by atoms with E-state index in [1.165, 1.54) is 0 Å². The van der Waals surface area contributed by atoms with Crippen LogP contribution in [-0.4, -0.2) is 18.9 Å². The fraction of sp³-hybridized carbons (Fsp3) is 0.167. The molecular formula is C24H23Cl2N3O2S. The van der Waals surface area contributed by atoms with Crippen molar-refractivity contribution in [2.24, 2.45) is 5.73 Å². The zero-order valence-electron chi connectivity index (χ0n) is 17.9. The largest absolute Gasteiger partial charge is 0.388 e. The van der Waals surface area contributed by atoms with E-state index in [0.29, 0.717) is 38.2 Å². The van der Waals surface area contributed by atoms with Crippen molar-refractivity contribution in [1.82, 2.24) is 5.32 Å². The summed E-state index contributed by atoms with van der Waals surface area (Å²) in [5.41, 5.74) is 10.1. The van der Waals surface area contributed by atoms with Gasteiger partial charge in [0.05, 0.1) is 5.57 Å². The van der Waals surface area contributed by atoms with Crippen LogP contribution < -0.4 is 16.4 Å². The molecule has 0 aromatic heterocycles. The minimum Gasteiger partial charge on any atom is -0.388 e. The van der Waals surface area contributed by atoms with Gasteiger partial charge < -0.3 is 16.4 Å². The Morgan fingerprint density at radius 2 is 1.91 bits per heavy atom. The second-order valence-electron chi connectivity index (χ2n) is 7.06. The summed E-state index contributed by atoms with van der Waals surface area (Å²) in [6.45, 7) is 3.53. The number of primary amides is 1. The van der Waals surface area contributed by atoms with Gasteiger partial charge in [0.2, 0.25) is 5.91 Å². The van der Waals surface area contributed by atoms with Gasteiger partial charge in [-0.25, -0.2) is 0 Å². The number of carbonyl (C=O) groups is 2. The first-order valence-corrected chi connectivity index (χ1v) is 11.6. The molecule has 0 fully saturated rings. The summed E-state index contributed by atoms with van der Waals surface area (Å²) in [5.74, 6) is -0.135. The number of fused-ring (bicyclic) bond motifs is 1. The number of anilines is 1. The Hall–Kier alpha value is -2.67. The highest BCUT2D eigenvalue weighted by molar-refractivity contribution is 7.98. The third-order valence-corrected chi connectivity index (χ3v) is 6.87. The van der Waals surface area contributed by atoms with Gasteiger partial charge in [0.15, 0.2) is 0 Å². The smallest absolute Gasteiger partial charge is 0.256 e. The number of halogens is 2. The first-order valence-electron chi connectivity index (χ1n) is 9.85. The first-order chi connectivity index (χ1) is 15.3. The molecule has 0 atom stereocenters. The van der Waals surface area contributed by atoms with Gasteiger partial charge in [0.25, 0.3) is 5.91 Å². The molecule has 5 nitrogen and oxygen atoms in total. The lowest BCUT2D eigenvalue weighted by molar-refractivity contribution is -0.114. The van der Waals surface area contributed by atoms with E-state index in [9.17, 15) is 9.59 Å². The highest BCUT2D eigenvalue weighted by Gasteiger charge is 2.25. The Morgan fingerprint density at radius 3 is 2.50 bits per heavy atom. The van der Waals surface area contributed by atoms with Crippen LogP contribution in [0.15, 0.2) is 70.3 Å². The Morgan fingerprint density at radius 1 is 1.22 bits per heavy atom. The van der Waals surface area contributed by atoms with E-state index >= 15 is 0 Å². The molecule has 2 aromatic rings.